The third kappa shape index (κ3) is 4.53. The van der Waals surface area contributed by atoms with Crippen LogP contribution < -0.4 is 10.6 Å². The summed E-state index contributed by atoms with van der Waals surface area (Å²) in [4.78, 5) is 4.91. The lowest BCUT2D eigenvalue weighted by molar-refractivity contribution is -0.188. The van der Waals surface area contributed by atoms with E-state index >= 15 is 0 Å². The Balaban J connectivity index is 0.00000208. The number of nitrogens with one attached hydrogen (secondary N) is 2. The Labute approximate surface area is 168 Å². The maximum Gasteiger partial charge on any atom is 0.191 e. The zero-order valence-electron chi connectivity index (χ0n) is 15.3. The van der Waals surface area contributed by atoms with Crippen LogP contribution in [0.2, 0.25) is 0 Å². The van der Waals surface area contributed by atoms with Gasteiger partial charge in [0, 0.05) is 37.1 Å². The molecular formula is C18H34IN3OS. The number of hydrogen-bond donors (Lipinski definition) is 2. The highest BCUT2D eigenvalue weighted by Crippen LogP contribution is 2.51. The van der Waals surface area contributed by atoms with Crippen LogP contribution in [0.1, 0.15) is 46.5 Å². The van der Waals surface area contributed by atoms with Crippen LogP contribution in [0.15, 0.2) is 4.99 Å². The molecule has 0 radical (unpaired) electrons. The lowest BCUT2D eigenvalue weighted by Gasteiger charge is -2.60. The van der Waals surface area contributed by atoms with Gasteiger partial charge < -0.3 is 15.4 Å². The molecule has 2 saturated heterocycles. The molecule has 4 nitrogen and oxygen atoms in total. The number of ether oxygens (including phenoxy) is 1. The minimum absolute atomic E-state index is 0. The number of thioether (sulfide) groups is 1. The normalized spacial score (nSPS) is 33.0. The van der Waals surface area contributed by atoms with E-state index in [1.807, 2.05) is 0 Å². The number of hydrogen-bond acceptors (Lipinski definition) is 3. The molecule has 2 aliphatic heterocycles. The van der Waals surface area contributed by atoms with Crippen LogP contribution in [0.25, 0.3) is 0 Å². The van der Waals surface area contributed by atoms with Gasteiger partial charge in [-0.25, -0.2) is 0 Å². The molecule has 3 atom stereocenters. The van der Waals surface area contributed by atoms with E-state index < -0.39 is 0 Å². The molecule has 140 valence electrons. The van der Waals surface area contributed by atoms with Gasteiger partial charge in [0.05, 0.1) is 6.10 Å². The fraction of sp³-hybridized carbons (Fsp3) is 0.944. The second-order valence-electron chi connectivity index (χ2n) is 7.82. The summed E-state index contributed by atoms with van der Waals surface area (Å²) < 4.78 is 6.02. The molecule has 0 aromatic carbocycles. The first-order valence-electron chi connectivity index (χ1n) is 9.37. The second kappa shape index (κ2) is 9.31. The summed E-state index contributed by atoms with van der Waals surface area (Å²) in [6.07, 6.45) is 5.54. The molecule has 0 amide bonds. The number of halogens is 1. The molecule has 0 spiro atoms. The standard InChI is InChI=1S/C18H33N3OS.HI/c1-4-19-17(20-12-13-7-10-23-11-8-13)21-15-14-6-5-9-22-16(14)18(15,2)3;/h13-16H,4-12H2,1-3H3,(H2,19,20,21);1H. The summed E-state index contributed by atoms with van der Waals surface area (Å²) in [7, 11) is 0. The quantitative estimate of drug-likeness (QED) is 0.378. The van der Waals surface area contributed by atoms with Crippen LogP contribution in [0, 0.1) is 17.3 Å². The SMILES string of the molecule is CCNC(=NCC1CCSCC1)NC1C2CCCOC2C1(C)C.I. The maximum absolute atomic E-state index is 6.02. The maximum atomic E-state index is 6.02. The predicted molar refractivity (Wildman–Crippen MR) is 115 cm³/mol. The van der Waals surface area contributed by atoms with Crippen molar-refractivity contribution in [3.63, 3.8) is 0 Å². The molecule has 0 bridgehead atoms. The first-order chi connectivity index (χ1) is 11.1. The van der Waals surface area contributed by atoms with E-state index in [0.29, 0.717) is 18.1 Å². The Kier molecular flexibility index (Phi) is 8.00. The molecule has 3 fully saturated rings. The van der Waals surface area contributed by atoms with Gasteiger partial charge in [-0.3, -0.25) is 4.99 Å². The first kappa shape index (κ1) is 20.6. The molecule has 3 unspecified atom stereocenters. The molecule has 0 aromatic heterocycles. The Bertz CT molecular complexity index is 426. The van der Waals surface area contributed by atoms with Crippen molar-refractivity contribution in [1.82, 2.24) is 10.6 Å². The highest BCUT2D eigenvalue weighted by Gasteiger charge is 2.58. The van der Waals surface area contributed by atoms with Crippen LogP contribution in [-0.2, 0) is 4.74 Å². The third-order valence-electron chi connectivity index (χ3n) is 5.82. The monoisotopic (exact) mass is 467 g/mol. The second-order valence-corrected chi connectivity index (χ2v) is 9.04. The molecular weight excluding hydrogens is 433 g/mol. The van der Waals surface area contributed by atoms with Gasteiger partial charge in [-0.1, -0.05) is 13.8 Å². The minimum atomic E-state index is 0. The van der Waals surface area contributed by atoms with Crippen molar-refractivity contribution in [3.05, 3.63) is 0 Å². The summed E-state index contributed by atoms with van der Waals surface area (Å²) >= 11 is 2.09. The molecule has 1 saturated carbocycles. The van der Waals surface area contributed by atoms with Crippen LogP contribution in [0.3, 0.4) is 0 Å². The van der Waals surface area contributed by atoms with Gasteiger partial charge in [-0.05, 0) is 50.0 Å². The highest BCUT2D eigenvalue weighted by atomic mass is 127. The fourth-order valence-corrected chi connectivity index (χ4v) is 5.64. The van der Waals surface area contributed by atoms with Gasteiger partial charge >= 0.3 is 0 Å². The fourth-order valence-electron chi connectivity index (χ4n) is 4.43. The molecule has 3 rings (SSSR count). The molecule has 24 heavy (non-hydrogen) atoms. The summed E-state index contributed by atoms with van der Waals surface area (Å²) in [5.74, 6) is 5.04. The van der Waals surface area contributed by atoms with Gasteiger partial charge in [-0.15, -0.1) is 24.0 Å². The van der Waals surface area contributed by atoms with E-state index in [4.69, 9.17) is 9.73 Å². The van der Waals surface area contributed by atoms with E-state index in [-0.39, 0.29) is 29.4 Å². The highest BCUT2D eigenvalue weighted by molar-refractivity contribution is 14.0. The van der Waals surface area contributed by atoms with Crippen molar-refractivity contribution in [2.45, 2.75) is 58.6 Å². The Morgan fingerprint density at radius 1 is 1.25 bits per heavy atom. The summed E-state index contributed by atoms with van der Waals surface area (Å²) in [5, 5.41) is 7.18. The van der Waals surface area contributed by atoms with Crippen molar-refractivity contribution >= 4 is 41.7 Å². The van der Waals surface area contributed by atoms with Crippen molar-refractivity contribution in [2.24, 2.45) is 22.2 Å². The number of guanidine groups is 1. The van der Waals surface area contributed by atoms with E-state index in [9.17, 15) is 0 Å². The van der Waals surface area contributed by atoms with E-state index in [2.05, 4.69) is 43.2 Å². The molecule has 2 N–H and O–H groups in total. The topological polar surface area (TPSA) is 45.7 Å². The number of rotatable bonds is 4. The summed E-state index contributed by atoms with van der Waals surface area (Å²) in [6, 6.07) is 0.479. The molecule has 3 aliphatic rings. The molecule has 6 heteroatoms. The van der Waals surface area contributed by atoms with E-state index in [1.54, 1.807) is 0 Å². The Morgan fingerprint density at radius 2 is 2.00 bits per heavy atom. The average molecular weight is 467 g/mol. The van der Waals surface area contributed by atoms with Crippen LogP contribution in [0.4, 0.5) is 0 Å². The largest absolute Gasteiger partial charge is 0.377 e. The van der Waals surface area contributed by atoms with Crippen LogP contribution in [0.5, 0.6) is 0 Å². The van der Waals surface area contributed by atoms with Crippen molar-refractivity contribution < 1.29 is 4.74 Å². The van der Waals surface area contributed by atoms with Crippen molar-refractivity contribution in [1.29, 1.82) is 0 Å². The van der Waals surface area contributed by atoms with Crippen LogP contribution >= 0.6 is 35.7 Å². The molecule has 0 aromatic rings. The van der Waals surface area contributed by atoms with Gasteiger partial charge in [-0.2, -0.15) is 11.8 Å². The average Bonchev–Trinajstić information content (AvgIpc) is 2.58. The Morgan fingerprint density at radius 3 is 2.71 bits per heavy atom. The van der Waals surface area contributed by atoms with Crippen molar-refractivity contribution in [3.8, 4) is 0 Å². The number of fused-ring (bicyclic) bond motifs is 1. The summed E-state index contributed by atoms with van der Waals surface area (Å²) in [5.41, 5.74) is 0.197. The third-order valence-corrected chi connectivity index (χ3v) is 6.86. The van der Waals surface area contributed by atoms with E-state index in [0.717, 1.165) is 31.6 Å². The van der Waals surface area contributed by atoms with Gasteiger partial charge in [0.25, 0.3) is 0 Å². The van der Waals surface area contributed by atoms with E-state index in [1.165, 1.54) is 37.2 Å². The van der Waals surface area contributed by atoms with Crippen LogP contribution in [-0.4, -0.2) is 49.3 Å². The zero-order valence-corrected chi connectivity index (χ0v) is 18.5. The van der Waals surface area contributed by atoms with Gasteiger partial charge in [0.1, 0.15) is 0 Å². The summed E-state index contributed by atoms with van der Waals surface area (Å²) in [6.45, 7) is 9.63. The number of aliphatic imine (C=N–C) groups is 1. The van der Waals surface area contributed by atoms with Gasteiger partial charge in [0.2, 0.25) is 0 Å². The molecule has 1 aliphatic carbocycles. The smallest absolute Gasteiger partial charge is 0.191 e. The Hall–Kier alpha value is 0.310. The minimum Gasteiger partial charge on any atom is -0.377 e. The van der Waals surface area contributed by atoms with Crippen molar-refractivity contribution in [2.75, 3.05) is 31.2 Å². The lowest BCUT2D eigenvalue weighted by Crippen LogP contribution is -2.71. The molecule has 2 heterocycles. The predicted octanol–water partition coefficient (Wildman–Crippen LogP) is 3.51. The number of nitrogens with zero attached hydrogens (tertiary/aromatic N) is 1. The zero-order chi connectivity index (χ0) is 16.3. The van der Waals surface area contributed by atoms with Gasteiger partial charge in [0.15, 0.2) is 5.96 Å². The lowest BCUT2D eigenvalue weighted by atomic mass is 9.55. The first-order valence-corrected chi connectivity index (χ1v) is 10.5.